The van der Waals surface area contributed by atoms with Crippen LogP contribution in [0.5, 0.6) is 5.75 Å². The minimum absolute atomic E-state index is 0.123. The minimum Gasteiger partial charge on any atom is -0.494 e. The number of carbonyl (C=O) groups excluding carboxylic acids is 1. The fourth-order valence-electron chi connectivity index (χ4n) is 1.47. The number of rotatable bonds is 8. The highest BCUT2D eigenvalue weighted by Crippen LogP contribution is 2.19. The van der Waals surface area contributed by atoms with Crippen LogP contribution in [-0.4, -0.2) is 25.4 Å². The first-order chi connectivity index (χ1) is 8.76. The van der Waals surface area contributed by atoms with Crippen molar-refractivity contribution in [2.45, 2.75) is 31.1 Å². The predicted molar refractivity (Wildman–Crippen MR) is 74.2 cm³/mol. The lowest BCUT2D eigenvalue weighted by Gasteiger charge is -2.06. The Bertz CT molecular complexity index is 349. The Balaban J connectivity index is 2.12. The van der Waals surface area contributed by atoms with Gasteiger partial charge in [0.05, 0.1) is 13.2 Å². The number of esters is 1. The number of benzene rings is 1. The number of carbonyl (C=O) groups is 1. The van der Waals surface area contributed by atoms with Crippen molar-refractivity contribution in [3.05, 3.63) is 24.3 Å². The Morgan fingerprint density at radius 1 is 1.22 bits per heavy atom. The summed E-state index contributed by atoms with van der Waals surface area (Å²) in [7, 11) is 0. The van der Waals surface area contributed by atoms with Crippen LogP contribution in [0, 0.1) is 0 Å². The molecule has 0 aliphatic heterocycles. The molecule has 0 aromatic heterocycles. The SMILES string of the molecule is CCOC(=O)CCCCOc1ccc(SC)cc1. The maximum Gasteiger partial charge on any atom is 0.305 e. The Labute approximate surface area is 113 Å². The molecule has 18 heavy (non-hydrogen) atoms. The summed E-state index contributed by atoms with van der Waals surface area (Å²) in [6.45, 7) is 2.91. The van der Waals surface area contributed by atoms with E-state index < -0.39 is 0 Å². The zero-order chi connectivity index (χ0) is 13.2. The zero-order valence-corrected chi connectivity index (χ0v) is 11.8. The van der Waals surface area contributed by atoms with Crippen LogP contribution in [0.15, 0.2) is 29.2 Å². The van der Waals surface area contributed by atoms with E-state index in [1.807, 2.05) is 37.4 Å². The molecule has 0 radical (unpaired) electrons. The maximum absolute atomic E-state index is 11.1. The van der Waals surface area contributed by atoms with Gasteiger partial charge in [0.15, 0.2) is 0 Å². The molecule has 4 heteroatoms. The lowest BCUT2D eigenvalue weighted by atomic mass is 10.2. The molecule has 0 aliphatic carbocycles. The summed E-state index contributed by atoms with van der Waals surface area (Å²) in [4.78, 5) is 12.3. The quantitative estimate of drug-likeness (QED) is 0.410. The van der Waals surface area contributed by atoms with Gasteiger partial charge < -0.3 is 9.47 Å². The van der Waals surface area contributed by atoms with Crippen molar-refractivity contribution < 1.29 is 14.3 Å². The van der Waals surface area contributed by atoms with Gasteiger partial charge in [0.25, 0.3) is 0 Å². The van der Waals surface area contributed by atoms with E-state index in [2.05, 4.69) is 0 Å². The van der Waals surface area contributed by atoms with Crippen LogP contribution in [0.3, 0.4) is 0 Å². The van der Waals surface area contributed by atoms with Gasteiger partial charge in [-0.3, -0.25) is 4.79 Å². The van der Waals surface area contributed by atoms with Crippen LogP contribution in [0.4, 0.5) is 0 Å². The second-order valence-corrected chi connectivity index (χ2v) is 4.67. The number of unbranched alkanes of at least 4 members (excludes halogenated alkanes) is 1. The molecule has 0 saturated carbocycles. The molecule has 0 bridgehead atoms. The van der Waals surface area contributed by atoms with Crippen molar-refractivity contribution >= 4 is 17.7 Å². The summed E-state index contributed by atoms with van der Waals surface area (Å²) in [5.41, 5.74) is 0. The van der Waals surface area contributed by atoms with Crippen molar-refractivity contribution in [3.8, 4) is 5.75 Å². The van der Waals surface area contributed by atoms with Crippen molar-refractivity contribution in [1.82, 2.24) is 0 Å². The van der Waals surface area contributed by atoms with E-state index in [0.29, 0.717) is 19.6 Å². The molecule has 1 aromatic carbocycles. The van der Waals surface area contributed by atoms with Gasteiger partial charge in [-0.05, 0) is 50.3 Å². The van der Waals surface area contributed by atoms with E-state index in [0.717, 1.165) is 18.6 Å². The van der Waals surface area contributed by atoms with Crippen molar-refractivity contribution in [2.24, 2.45) is 0 Å². The molecule has 100 valence electrons. The van der Waals surface area contributed by atoms with Gasteiger partial charge in [-0.15, -0.1) is 11.8 Å². The molecule has 0 saturated heterocycles. The van der Waals surface area contributed by atoms with Gasteiger partial charge in [0.1, 0.15) is 5.75 Å². The summed E-state index contributed by atoms with van der Waals surface area (Å²) in [6.07, 6.45) is 4.19. The largest absolute Gasteiger partial charge is 0.494 e. The van der Waals surface area contributed by atoms with E-state index in [-0.39, 0.29) is 5.97 Å². The van der Waals surface area contributed by atoms with Gasteiger partial charge in [0, 0.05) is 11.3 Å². The Kier molecular flexibility index (Phi) is 7.34. The highest BCUT2D eigenvalue weighted by Gasteiger charge is 2.01. The van der Waals surface area contributed by atoms with Crippen molar-refractivity contribution in [2.75, 3.05) is 19.5 Å². The summed E-state index contributed by atoms with van der Waals surface area (Å²) >= 11 is 1.71. The van der Waals surface area contributed by atoms with Crippen LogP contribution in [0.2, 0.25) is 0 Å². The second kappa shape index (κ2) is 8.86. The van der Waals surface area contributed by atoms with Gasteiger partial charge in [-0.1, -0.05) is 0 Å². The molecule has 0 heterocycles. The Morgan fingerprint density at radius 3 is 2.56 bits per heavy atom. The highest BCUT2D eigenvalue weighted by atomic mass is 32.2. The normalized spacial score (nSPS) is 10.1. The highest BCUT2D eigenvalue weighted by molar-refractivity contribution is 7.98. The van der Waals surface area contributed by atoms with Crippen LogP contribution in [0.1, 0.15) is 26.2 Å². The fraction of sp³-hybridized carbons (Fsp3) is 0.500. The lowest BCUT2D eigenvalue weighted by Crippen LogP contribution is -2.05. The number of thioether (sulfide) groups is 1. The molecule has 1 rings (SSSR count). The molecule has 0 amide bonds. The van der Waals surface area contributed by atoms with E-state index in [1.165, 1.54) is 4.90 Å². The lowest BCUT2D eigenvalue weighted by molar-refractivity contribution is -0.143. The molecular weight excluding hydrogens is 248 g/mol. The number of ether oxygens (including phenoxy) is 2. The summed E-state index contributed by atoms with van der Waals surface area (Å²) < 4.78 is 10.4. The topological polar surface area (TPSA) is 35.5 Å². The van der Waals surface area contributed by atoms with Gasteiger partial charge >= 0.3 is 5.97 Å². The zero-order valence-electron chi connectivity index (χ0n) is 11.0. The molecular formula is C14H20O3S. The average molecular weight is 268 g/mol. The van der Waals surface area contributed by atoms with Crippen molar-refractivity contribution in [3.63, 3.8) is 0 Å². The third-order valence-electron chi connectivity index (χ3n) is 2.41. The molecule has 0 N–H and O–H groups in total. The van der Waals surface area contributed by atoms with Gasteiger partial charge in [-0.25, -0.2) is 0 Å². The molecule has 0 unspecified atom stereocenters. The van der Waals surface area contributed by atoms with Gasteiger partial charge in [0.2, 0.25) is 0 Å². The van der Waals surface area contributed by atoms with Crippen LogP contribution in [0.25, 0.3) is 0 Å². The molecule has 0 fully saturated rings. The molecule has 1 aromatic rings. The van der Waals surface area contributed by atoms with Crippen LogP contribution < -0.4 is 4.74 Å². The monoisotopic (exact) mass is 268 g/mol. The van der Waals surface area contributed by atoms with Crippen LogP contribution >= 0.6 is 11.8 Å². The average Bonchev–Trinajstić information content (AvgIpc) is 2.39. The third-order valence-corrected chi connectivity index (χ3v) is 3.15. The third kappa shape index (κ3) is 5.96. The summed E-state index contributed by atoms with van der Waals surface area (Å²) in [6, 6.07) is 8.02. The number of hydrogen-bond acceptors (Lipinski definition) is 4. The first kappa shape index (κ1) is 14.9. The van der Waals surface area contributed by atoms with Crippen LogP contribution in [-0.2, 0) is 9.53 Å². The summed E-state index contributed by atoms with van der Waals surface area (Å²) in [5, 5.41) is 0. The smallest absolute Gasteiger partial charge is 0.305 e. The predicted octanol–water partition coefficient (Wildman–Crippen LogP) is 3.52. The van der Waals surface area contributed by atoms with E-state index >= 15 is 0 Å². The minimum atomic E-state index is -0.123. The summed E-state index contributed by atoms with van der Waals surface area (Å²) in [5.74, 6) is 0.755. The number of hydrogen-bond donors (Lipinski definition) is 0. The first-order valence-corrected chi connectivity index (χ1v) is 7.41. The molecule has 0 spiro atoms. The van der Waals surface area contributed by atoms with Crippen molar-refractivity contribution in [1.29, 1.82) is 0 Å². The molecule has 0 aliphatic rings. The van der Waals surface area contributed by atoms with Gasteiger partial charge in [-0.2, -0.15) is 0 Å². The molecule has 0 atom stereocenters. The maximum atomic E-state index is 11.1. The standard InChI is InChI=1S/C14H20O3S/c1-3-16-14(15)6-4-5-11-17-12-7-9-13(18-2)10-8-12/h7-10H,3-6,11H2,1-2H3. The fourth-order valence-corrected chi connectivity index (χ4v) is 1.87. The first-order valence-electron chi connectivity index (χ1n) is 6.18. The van der Waals surface area contributed by atoms with E-state index in [1.54, 1.807) is 11.8 Å². The van der Waals surface area contributed by atoms with E-state index in [9.17, 15) is 4.79 Å². The van der Waals surface area contributed by atoms with E-state index in [4.69, 9.17) is 9.47 Å². The molecule has 3 nitrogen and oxygen atoms in total. The Hall–Kier alpha value is -1.16. The Morgan fingerprint density at radius 2 is 1.94 bits per heavy atom. The second-order valence-electron chi connectivity index (χ2n) is 3.79.